The molecule has 11 heteroatoms. The molecule has 35 heavy (non-hydrogen) atoms. The van der Waals surface area contributed by atoms with Crippen LogP contribution in [0.4, 0.5) is 0 Å². The van der Waals surface area contributed by atoms with Crippen LogP contribution in [0.5, 0.6) is 0 Å². The Morgan fingerprint density at radius 2 is 1.94 bits per heavy atom. The third-order valence-electron chi connectivity index (χ3n) is 6.26. The quantitative estimate of drug-likeness (QED) is 0.568. The Bertz CT molecular complexity index is 1100. The molecule has 0 unspecified atom stereocenters. The molecule has 1 aromatic carbocycles. The van der Waals surface area contributed by atoms with Crippen molar-refractivity contribution in [2.24, 2.45) is 0 Å². The number of hydrogen-bond acceptors (Lipinski definition) is 7. The van der Waals surface area contributed by atoms with Crippen LogP contribution in [0, 0.1) is 0 Å². The maximum atomic E-state index is 13.5. The Hall–Kier alpha value is -2.08. The summed E-state index contributed by atoms with van der Waals surface area (Å²) in [6.07, 6.45) is 3.40. The predicted molar refractivity (Wildman–Crippen MR) is 129 cm³/mol. The lowest BCUT2D eigenvalue weighted by Gasteiger charge is -2.43. The van der Waals surface area contributed by atoms with Gasteiger partial charge >= 0.3 is 0 Å². The van der Waals surface area contributed by atoms with E-state index in [2.05, 4.69) is 10.3 Å². The molecule has 2 aliphatic heterocycles. The largest absolute Gasteiger partial charge is 0.389 e. The zero-order valence-electron chi connectivity index (χ0n) is 19.3. The van der Waals surface area contributed by atoms with Crippen LogP contribution in [0.15, 0.2) is 53.7 Å². The number of aliphatic hydroxyl groups excluding tert-OH is 1. The first kappa shape index (κ1) is 26.0. The Balaban J connectivity index is 1.40. The fourth-order valence-corrected chi connectivity index (χ4v) is 6.74. The van der Waals surface area contributed by atoms with Gasteiger partial charge in [0.15, 0.2) is 0 Å². The molecule has 0 spiro atoms. The minimum absolute atomic E-state index is 0.00944. The van der Waals surface area contributed by atoms with E-state index in [9.17, 15) is 18.3 Å². The maximum absolute atomic E-state index is 13.5. The van der Waals surface area contributed by atoms with E-state index < -0.39 is 28.3 Å². The number of hydrogen-bond donors (Lipinski definition) is 2. The molecule has 9 nitrogen and oxygen atoms in total. The van der Waals surface area contributed by atoms with Gasteiger partial charge in [-0.05, 0) is 49.1 Å². The van der Waals surface area contributed by atoms with Gasteiger partial charge in [0.2, 0.25) is 15.9 Å². The Kier molecular flexibility index (Phi) is 8.74. The first-order chi connectivity index (χ1) is 16.8. The average molecular weight is 524 g/mol. The van der Waals surface area contributed by atoms with E-state index in [4.69, 9.17) is 21.1 Å². The number of halogens is 1. The molecule has 2 aromatic rings. The lowest BCUT2D eigenvalue weighted by Crippen LogP contribution is -2.57. The molecule has 0 aliphatic carbocycles. The third-order valence-corrected chi connectivity index (χ3v) is 8.65. The van der Waals surface area contributed by atoms with Gasteiger partial charge in [-0.15, -0.1) is 0 Å². The highest BCUT2D eigenvalue weighted by molar-refractivity contribution is 7.89. The van der Waals surface area contributed by atoms with E-state index in [0.717, 1.165) is 5.56 Å². The van der Waals surface area contributed by atoms with Crippen molar-refractivity contribution in [1.82, 2.24) is 14.6 Å². The highest BCUT2D eigenvalue weighted by Crippen LogP contribution is 2.33. The second-order valence-electron chi connectivity index (χ2n) is 8.80. The van der Waals surface area contributed by atoms with Gasteiger partial charge < -0.3 is 19.9 Å². The fourth-order valence-electron chi connectivity index (χ4n) is 4.53. The van der Waals surface area contributed by atoms with Crippen molar-refractivity contribution in [2.45, 2.75) is 54.9 Å². The summed E-state index contributed by atoms with van der Waals surface area (Å²) in [4.78, 5) is 16.5. The fraction of sp³-hybridized carbons (Fsp3) is 0.500. The molecule has 0 saturated carbocycles. The van der Waals surface area contributed by atoms with Gasteiger partial charge in [0.1, 0.15) is 4.90 Å². The molecule has 1 aromatic heterocycles. The highest BCUT2D eigenvalue weighted by atomic mass is 35.5. The van der Waals surface area contributed by atoms with Crippen molar-refractivity contribution < 1.29 is 27.8 Å². The van der Waals surface area contributed by atoms with Crippen molar-refractivity contribution in [3.8, 4) is 0 Å². The van der Waals surface area contributed by atoms with Gasteiger partial charge in [-0.3, -0.25) is 9.78 Å². The number of benzene rings is 1. The summed E-state index contributed by atoms with van der Waals surface area (Å²) in [5.41, 5.74) is 1.09. The van der Waals surface area contributed by atoms with Gasteiger partial charge in [0.25, 0.3) is 0 Å². The van der Waals surface area contributed by atoms with Crippen molar-refractivity contribution in [3.63, 3.8) is 0 Å². The summed E-state index contributed by atoms with van der Waals surface area (Å²) in [5.74, 6) is -0.120. The summed E-state index contributed by atoms with van der Waals surface area (Å²) in [7, 11) is -3.99. The lowest BCUT2D eigenvalue weighted by molar-refractivity contribution is -0.146. The standard InChI is InChI=1S/C24H30ClN3O6S/c25-20-3-1-2-4-23(20)35(31,32)28-14-18(29)15-33-16-22-21(28)6-5-19(34-22)13-24(30)27-12-9-17-7-10-26-11-8-17/h1-4,7-8,10-11,18-19,21-22,29H,5-6,9,12-16H2,(H,27,30)/t18-,19+,21+,22-/m0/s1. The smallest absolute Gasteiger partial charge is 0.244 e. The molecule has 0 radical (unpaired) electrons. The first-order valence-electron chi connectivity index (χ1n) is 11.7. The Morgan fingerprint density at radius 1 is 1.17 bits per heavy atom. The van der Waals surface area contributed by atoms with E-state index in [1.54, 1.807) is 24.5 Å². The van der Waals surface area contributed by atoms with Gasteiger partial charge in [-0.2, -0.15) is 4.31 Å². The molecular formula is C24H30ClN3O6S. The second kappa shape index (κ2) is 11.8. The Morgan fingerprint density at radius 3 is 2.71 bits per heavy atom. The third kappa shape index (κ3) is 6.58. The molecular weight excluding hydrogens is 494 g/mol. The molecule has 1 amide bonds. The van der Waals surface area contributed by atoms with Crippen molar-refractivity contribution in [1.29, 1.82) is 0 Å². The monoisotopic (exact) mass is 523 g/mol. The molecule has 4 rings (SSSR count). The van der Waals surface area contributed by atoms with Gasteiger partial charge in [0.05, 0.1) is 49.0 Å². The van der Waals surface area contributed by atoms with Crippen molar-refractivity contribution >= 4 is 27.5 Å². The highest BCUT2D eigenvalue weighted by Gasteiger charge is 2.43. The van der Waals surface area contributed by atoms with E-state index in [-0.39, 0.29) is 48.1 Å². The number of aliphatic hydroxyl groups is 1. The van der Waals surface area contributed by atoms with Crippen LogP contribution in [-0.4, -0.2) is 79.4 Å². The van der Waals surface area contributed by atoms with Crippen LogP contribution in [0.2, 0.25) is 5.02 Å². The summed E-state index contributed by atoms with van der Waals surface area (Å²) < 4.78 is 40.1. The molecule has 2 fully saturated rings. The summed E-state index contributed by atoms with van der Waals surface area (Å²) in [6, 6.07) is 9.52. The number of carbonyl (C=O) groups is 1. The van der Waals surface area contributed by atoms with E-state index in [0.29, 0.717) is 25.8 Å². The molecule has 2 N–H and O–H groups in total. The molecule has 2 aliphatic rings. The molecule has 190 valence electrons. The van der Waals surface area contributed by atoms with Crippen LogP contribution in [-0.2, 0) is 30.7 Å². The zero-order chi connectivity index (χ0) is 24.8. The number of nitrogens with zero attached hydrogens (tertiary/aromatic N) is 2. The minimum atomic E-state index is -3.99. The van der Waals surface area contributed by atoms with Gasteiger partial charge in [-0.1, -0.05) is 23.7 Å². The number of fused-ring (bicyclic) bond motifs is 1. The van der Waals surface area contributed by atoms with Crippen LogP contribution in [0.1, 0.15) is 24.8 Å². The summed E-state index contributed by atoms with van der Waals surface area (Å²) >= 11 is 6.20. The van der Waals surface area contributed by atoms with Crippen LogP contribution < -0.4 is 5.32 Å². The summed E-state index contributed by atoms with van der Waals surface area (Å²) in [6.45, 7) is 0.489. The molecule has 2 saturated heterocycles. The SMILES string of the molecule is O=C(C[C@H]1CC[C@@H]2[C@H](COC[C@@H](O)CN2S(=O)(=O)c2ccccc2Cl)O1)NCCc1ccncc1. The van der Waals surface area contributed by atoms with Crippen molar-refractivity contribution in [3.05, 3.63) is 59.4 Å². The number of aromatic nitrogens is 1. The normalized spacial score (nSPS) is 25.8. The number of sulfonamides is 1. The number of amides is 1. The average Bonchev–Trinajstić information content (AvgIpc) is 2.82. The number of β-amino-alcohol motifs (C(OH)–C–C–N with tert-alkyl or cyclic N) is 1. The lowest BCUT2D eigenvalue weighted by atomic mass is 9.96. The molecule has 3 heterocycles. The maximum Gasteiger partial charge on any atom is 0.244 e. The second-order valence-corrected chi connectivity index (χ2v) is 11.1. The minimum Gasteiger partial charge on any atom is -0.389 e. The van der Waals surface area contributed by atoms with Gasteiger partial charge in [-0.25, -0.2) is 8.42 Å². The first-order valence-corrected chi connectivity index (χ1v) is 13.5. The number of carbonyl (C=O) groups excluding carboxylic acids is 1. The van der Waals surface area contributed by atoms with Crippen LogP contribution in [0.25, 0.3) is 0 Å². The number of nitrogens with one attached hydrogen (secondary N) is 1. The Labute approximate surface area is 210 Å². The van der Waals surface area contributed by atoms with Gasteiger partial charge in [0, 0.05) is 25.5 Å². The van der Waals surface area contributed by atoms with Crippen LogP contribution in [0.3, 0.4) is 0 Å². The van der Waals surface area contributed by atoms with Crippen molar-refractivity contribution in [2.75, 3.05) is 26.3 Å². The van der Waals surface area contributed by atoms with E-state index >= 15 is 0 Å². The predicted octanol–water partition coefficient (Wildman–Crippen LogP) is 1.78. The summed E-state index contributed by atoms with van der Waals surface area (Å²) in [5, 5.41) is 13.4. The number of rotatable bonds is 7. The van der Waals surface area contributed by atoms with Crippen LogP contribution >= 0.6 is 11.6 Å². The van der Waals surface area contributed by atoms with E-state index in [1.165, 1.54) is 16.4 Å². The number of pyridine rings is 1. The number of ether oxygens (including phenoxy) is 2. The molecule has 4 atom stereocenters. The topological polar surface area (TPSA) is 118 Å². The van der Waals surface area contributed by atoms with E-state index in [1.807, 2.05) is 12.1 Å². The zero-order valence-corrected chi connectivity index (χ0v) is 20.8. The molecule has 0 bridgehead atoms.